The molecule has 4 nitrogen and oxygen atoms in total. The second-order valence-electron chi connectivity index (χ2n) is 5.96. The van der Waals surface area contributed by atoms with Crippen LogP contribution in [0.2, 0.25) is 0 Å². The van der Waals surface area contributed by atoms with E-state index >= 15 is 0 Å². The molecule has 0 amide bonds. The van der Waals surface area contributed by atoms with Crippen molar-refractivity contribution in [2.24, 2.45) is 0 Å². The third-order valence-corrected chi connectivity index (χ3v) is 4.31. The topological polar surface area (TPSA) is 65.5 Å². The van der Waals surface area contributed by atoms with E-state index in [0.717, 1.165) is 16.7 Å². The zero-order chi connectivity index (χ0) is 18.2. The summed E-state index contributed by atoms with van der Waals surface area (Å²) in [6.07, 6.45) is 1.15. The number of rotatable bonds is 8. The van der Waals surface area contributed by atoms with Crippen LogP contribution in [0.1, 0.15) is 16.7 Å². The van der Waals surface area contributed by atoms with Gasteiger partial charge in [0.1, 0.15) is 5.60 Å². The monoisotopic (exact) mass is 369 g/mol. The van der Waals surface area contributed by atoms with Crippen LogP contribution in [0.15, 0.2) is 91.0 Å². The van der Waals surface area contributed by atoms with Gasteiger partial charge in [0.05, 0.1) is 0 Å². The largest absolute Gasteiger partial charge is 1.00 e. The van der Waals surface area contributed by atoms with Gasteiger partial charge in [0.25, 0.3) is 0 Å². The molecule has 3 aromatic carbocycles. The van der Waals surface area contributed by atoms with Gasteiger partial charge in [-0.3, -0.25) is 0 Å². The number of benzene rings is 3. The molecule has 3 rings (SSSR count). The third-order valence-electron chi connectivity index (χ3n) is 4.31. The fourth-order valence-electron chi connectivity index (χ4n) is 3.18. The zero-order valence-corrected chi connectivity index (χ0v) is 16.1. The van der Waals surface area contributed by atoms with Crippen LogP contribution in [0.5, 0.6) is 0 Å². The van der Waals surface area contributed by atoms with Crippen LogP contribution in [-0.2, 0) is 19.9 Å². The molecule has 0 saturated heterocycles. The van der Waals surface area contributed by atoms with Crippen molar-refractivity contribution in [2.45, 2.75) is 11.7 Å². The second-order valence-corrected chi connectivity index (χ2v) is 5.96. The fraction of sp³-hybridized carbons (Fsp3) is 0.174. The van der Waals surface area contributed by atoms with Crippen molar-refractivity contribution in [1.29, 1.82) is 0 Å². The molecule has 0 unspecified atom stereocenters. The Bertz CT molecular complexity index is 713. The Morgan fingerprint density at radius 2 is 1.14 bits per heavy atom. The summed E-state index contributed by atoms with van der Waals surface area (Å²) in [7, 11) is 1.54. The van der Waals surface area contributed by atoms with Crippen LogP contribution in [0, 0.1) is 0 Å². The van der Waals surface area contributed by atoms with E-state index in [1.807, 2.05) is 97.3 Å². The molecule has 0 bridgehead atoms. The zero-order valence-electron chi connectivity index (χ0n) is 16.1. The first kappa shape index (κ1) is 23.8. The molecular weight excluding hydrogens is 347 g/mol. The molecule has 0 spiro atoms. The van der Waals surface area contributed by atoms with Gasteiger partial charge in [0.15, 0.2) is 0 Å². The molecule has 0 heterocycles. The van der Waals surface area contributed by atoms with Crippen molar-refractivity contribution < 1.29 is 38.6 Å². The van der Waals surface area contributed by atoms with Gasteiger partial charge in [-0.25, -0.2) is 6.29 Å². The van der Waals surface area contributed by atoms with E-state index in [1.54, 1.807) is 7.11 Å². The maximum atomic E-state index is 11.5. The van der Waals surface area contributed by atoms with Crippen molar-refractivity contribution in [1.82, 2.24) is 0 Å². The third kappa shape index (κ3) is 4.99. The average Bonchev–Trinajstić information content (AvgIpc) is 2.73. The Labute approximate surface area is 178 Å². The van der Waals surface area contributed by atoms with Crippen LogP contribution < -0.4 is 18.9 Å². The van der Waals surface area contributed by atoms with Crippen LogP contribution in [-0.4, -0.2) is 31.6 Å². The number of hydrogen-bond acceptors (Lipinski definition) is 4. The number of hydrogen-bond donors (Lipinski definition) is 0. The number of methoxy groups -OCH3 is 1. The van der Waals surface area contributed by atoms with Gasteiger partial charge in [0.2, 0.25) is 0 Å². The molecule has 3 aromatic rings. The average molecular weight is 369 g/mol. The van der Waals surface area contributed by atoms with Gasteiger partial charge in [-0.1, -0.05) is 91.0 Å². The van der Waals surface area contributed by atoms with E-state index in [0.29, 0.717) is 0 Å². The maximum Gasteiger partial charge on any atom is 1.00 e. The summed E-state index contributed by atoms with van der Waals surface area (Å²) >= 11 is 0. The quantitative estimate of drug-likeness (QED) is 0.337. The molecule has 140 valence electrons. The SMILES string of the molecule is COC[C@H]([C-]=O)OC(c1ccccc1)(c1ccccc1)c1ccccc1.[Li+].[OH-]. The van der Waals surface area contributed by atoms with Crippen molar-refractivity contribution >= 4 is 6.29 Å². The summed E-state index contributed by atoms with van der Waals surface area (Å²) < 4.78 is 11.6. The van der Waals surface area contributed by atoms with Gasteiger partial charge in [-0.2, -0.15) is 0 Å². The van der Waals surface area contributed by atoms with Crippen molar-refractivity contribution in [2.75, 3.05) is 13.7 Å². The summed E-state index contributed by atoms with van der Waals surface area (Å²) in [5.41, 5.74) is 1.88. The minimum absolute atomic E-state index is 0. The summed E-state index contributed by atoms with van der Waals surface area (Å²) in [5.74, 6) is 0. The first-order chi connectivity index (χ1) is 12.8. The molecule has 0 fully saturated rings. The van der Waals surface area contributed by atoms with E-state index in [-0.39, 0.29) is 30.9 Å². The molecule has 0 saturated carbocycles. The predicted octanol–water partition coefficient (Wildman–Crippen LogP) is 0.947. The van der Waals surface area contributed by atoms with E-state index in [4.69, 9.17) is 9.47 Å². The minimum atomic E-state index is -0.940. The summed E-state index contributed by atoms with van der Waals surface area (Å²) in [5, 5.41) is 0. The first-order valence-corrected chi connectivity index (χ1v) is 8.52. The van der Waals surface area contributed by atoms with E-state index in [1.165, 1.54) is 0 Å². The Kier molecular flexibility index (Phi) is 9.88. The molecule has 1 N–H and O–H groups in total. The van der Waals surface area contributed by atoms with E-state index in [2.05, 4.69) is 0 Å². The molecule has 28 heavy (non-hydrogen) atoms. The van der Waals surface area contributed by atoms with Gasteiger partial charge in [0, 0.05) is 13.7 Å². The Balaban J connectivity index is 0.00000196. The van der Waals surface area contributed by atoms with Gasteiger partial charge in [-0.15, -0.1) is 0 Å². The van der Waals surface area contributed by atoms with Crippen molar-refractivity contribution in [3.8, 4) is 0 Å². The number of ether oxygens (including phenoxy) is 2. The van der Waals surface area contributed by atoms with Crippen LogP contribution in [0.3, 0.4) is 0 Å². The molecule has 0 aromatic heterocycles. The molecular formula is C23H22LiO4-. The molecule has 0 aliphatic heterocycles. The van der Waals surface area contributed by atoms with Crippen molar-refractivity contribution in [3.63, 3.8) is 0 Å². The van der Waals surface area contributed by atoms with E-state index in [9.17, 15) is 4.79 Å². The molecule has 5 heteroatoms. The summed E-state index contributed by atoms with van der Waals surface area (Å²) in [6.45, 7) is 0.137. The van der Waals surface area contributed by atoms with Crippen LogP contribution >= 0.6 is 0 Å². The summed E-state index contributed by atoms with van der Waals surface area (Å²) in [4.78, 5) is 11.5. The maximum absolute atomic E-state index is 11.5. The van der Waals surface area contributed by atoms with Crippen LogP contribution in [0.25, 0.3) is 0 Å². The van der Waals surface area contributed by atoms with Gasteiger partial charge >= 0.3 is 18.9 Å². The smallest absolute Gasteiger partial charge is 0.870 e. The molecule has 0 aliphatic carbocycles. The summed E-state index contributed by atoms with van der Waals surface area (Å²) in [6, 6.07) is 29.7. The van der Waals surface area contributed by atoms with E-state index < -0.39 is 11.7 Å². The fourth-order valence-corrected chi connectivity index (χ4v) is 3.18. The Morgan fingerprint density at radius 1 is 0.786 bits per heavy atom. The van der Waals surface area contributed by atoms with Gasteiger partial charge in [-0.05, 0) is 22.8 Å². The minimum Gasteiger partial charge on any atom is -0.870 e. The Hall–Kier alpha value is -2.19. The molecule has 0 aliphatic rings. The second kappa shape index (κ2) is 11.6. The number of carbonyl (C=O) groups excluding carboxylic acids is 1. The standard InChI is InChI=1S/C23H21O3.Li.H2O/c1-25-18-22(17-24)26-23(19-11-5-2-6-12-19,20-13-7-3-8-14-20)21-15-9-4-10-16-21;;/h2-16,22H,18H2,1H3;;1H2/q-1;+1;/p-1/t22-;;/m0../s1. The van der Waals surface area contributed by atoms with Crippen LogP contribution in [0.4, 0.5) is 0 Å². The predicted molar refractivity (Wildman–Crippen MR) is 104 cm³/mol. The molecule has 0 radical (unpaired) electrons. The van der Waals surface area contributed by atoms with Crippen molar-refractivity contribution in [3.05, 3.63) is 108 Å². The molecule has 1 atom stereocenters. The first-order valence-electron chi connectivity index (χ1n) is 8.52. The van der Waals surface area contributed by atoms with Gasteiger partial charge < -0.3 is 19.7 Å². The normalized spacial score (nSPS) is 11.6. The Morgan fingerprint density at radius 3 is 1.43 bits per heavy atom.